The fourth-order valence-corrected chi connectivity index (χ4v) is 3.33. The Labute approximate surface area is 135 Å². The Hall–Kier alpha value is -1.90. The molecule has 0 saturated carbocycles. The lowest BCUT2D eigenvalue weighted by Crippen LogP contribution is -2.24. The number of carboxylic acid groups (broad SMARTS) is 1. The van der Waals surface area contributed by atoms with Gasteiger partial charge in [-0.25, -0.2) is 17.9 Å². The Balaban J connectivity index is 2.20. The van der Waals surface area contributed by atoms with Crippen molar-refractivity contribution < 1.29 is 23.1 Å². The first-order valence-corrected chi connectivity index (χ1v) is 8.75. The zero-order valence-corrected chi connectivity index (χ0v) is 13.4. The number of aromatic carboxylic acids is 1. The molecule has 2 rings (SSSR count). The average molecular weight is 340 g/mol. The van der Waals surface area contributed by atoms with Crippen LogP contribution in [0.25, 0.3) is 0 Å². The van der Waals surface area contributed by atoms with Gasteiger partial charge in [0.25, 0.3) is 0 Å². The van der Waals surface area contributed by atoms with E-state index < -0.39 is 16.0 Å². The molecule has 1 atom stereocenters. The van der Waals surface area contributed by atoms with Crippen molar-refractivity contribution in [3.63, 3.8) is 0 Å². The predicted octanol–water partition coefficient (Wildman–Crippen LogP) is 1.44. The van der Waals surface area contributed by atoms with Crippen LogP contribution >= 0.6 is 0 Å². The zero-order valence-electron chi connectivity index (χ0n) is 12.6. The lowest BCUT2D eigenvalue weighted by atomic mass is 10.1. The Morgan fingerprint density at radius 2 is 2.26 bits per heavy atom. The molecule has 1 fully saturated rings. The van der Waals surface area contributed by atoms with Gasteiger partial charge in [0, 0.05) is 25.4 Å². The molecule has 1 aliphatic rings. The van der Waals surface area contributed by atoms with Gasteiger partial charge in [0.05, 0.1) is 16.6 Å². The van der Waals surface area contributed by atoms with Crippen LogP contribution in [0.3, 0.4) is 0 Å². The molecule has 0 aromatic heterocycles. The van der Waals surface area contributed by atoms with E-state index in [4.69, 9.17) is 4.74 Å². The van der Waals surface area contributed by atoms with Gasteiger partial charge in [-0.3, -0.25) is 0 Å². The highest BCUT2D eigenvalue weighted by molar-refractivity contribution is 7.89. The second kappa shape index (κ2) is 7.58. The molecule has 3 N–H and O–H groups in total. The summed E-state index contributed by atoms with van der Waals surface area (Å²) in [6.45, 7) is 4.71. The second-order valence-corrected chi connectivity index (χ2v) is 6.94. The Bertz CT molecular complexity index is 681. The molecule has 1 heterocycles. The van der Waals surface area contributed by atoms with E-state index >= 15 is 0 Å². The van der Waals surface area contributed by atoms with Crippen LogP contribution in [0.15, 0.2) is 35.7 Å². The lowest BCUT2D eigenvalue weighted by Gasteiger charge is -2.15. The number of rotatable bonds is 8. The largest absolute Gasteiger partial charge is 0.478 e. The number of carboxylic acids is 1. The summed E-state index contributed by atoms with van der Waals surface area (Å²) in [7, 11) is -3.76. The molecule has 7 nitrogen and oxygen atoms in total. The number of benzene rings is 1. The minimum Gasteiger partial charge on any atom is -0.478 e. The highest BCUT2D eigenvalue weighted by Gasteiger charge is 2.20. The van der Waals surface area contributed by atoms with E-state index in [2.05, 4.69) is 16.6 Å². The normalized spacial score (nSPS) is 17.8. The van der Waals surface area contributed by atoms with Crippen LogP contribution < -0.4 is 10.0 Å². The fourth-order valence-electron chi connectivity index (χ4n) is 2.30. The lowest BCUT2D eigenvalue weighted by molar-refractivity contribution is 0.0697. The Kier molecular flexibility index (Phi) is 5.75. The van der Waals surface area contributed by atoms with Crippen molar-refractivity contribution in [1.29, 1.82) is 0 Å². The van der Waals surface area contributed by atoms with E-state index in [1.54, 1.807) is 0 Å². The first-order valence-electron chi connectivity index (χ1n) is 7.27. The third kappa shape index (κ3) is 4.54. The highest BCUT2D eigenvalue weighted by Crippen LogP contribution is 2.22. The molecule has 126 valence electrons. The molecule has 0 spiro atoms. The van der Waals surface area contributed by atoms with Crippen molar-refractivity contribution in [1.82, 2.24) is 4.72 Å². The number of anilines is 1. The van der Waals surface area contributed by atoms with Gasteiger partial charge in [-0.2, -0.15) is 0 Å². The smallest absolute Gasteiger partial charge is 0.337 e. The van der Waals surface area contributed by atoms with E-state index in [0.29, 0.717) is 18.8 Å². The summed E-state index contributed by atoms with van der Waals surface area (Å²) in [6, 6.07) is 3.97. The third-order valence-electron chi connectivity index (χ3n) is 3.49. The molecular formula is C15H20N2O5S. The molecule has 1 aromatic carbocycles. The SMILES string of the molecule is C=CCNS(=O)(=O)c1ccc(NC[C@@H]2CCCO2)c(C(=O)O)c1. The van der Waals surface area contributed by atoms with Crippen molar-refractivity contribution in [3.8, 4) is 0 Å². The molecule has 1 saturated heterocycles. The summed E-state index contributed by atoms with van der Waals surface area (Å²) in [5.74, 6) is -1.19. The van der Waals surface area contributed by atoms with Gasteiger partial charge >= 0.3 is 5.97 Å². The maximum Gasteiger partial charge on any atom is 0.337 e. The fraction of sp³-hybridized carbons (Fsp3) is 0.400. The Morgan fingerprint density at radius 1 is 1.48 bits per heavy atom. The van der Waals surface area contributed by atoms with Crippen LogP contribution in [-0.4, -0.2) is 45.3 Å². The summed E-state index contributed by atoms with van der Waals surface area (Å²) in [4.78, 5) is 11.3. The molecule has 0 unspecified atom stereocenters. The minimum absolute atomic E-state index is 0.0503. The van der Waals surface area contributed by atoms with Gasteiger partial charge in [-0.15, -0.1) is 6.58 Å². The summed E-state index contributed by atoms with van der Waals surface area (Å²) >= 11 is 0. The number of sulfonamides is 1. The number of ether oxygens (including phenoxy) is 1. The topological polar surface area (TPSA) is 105 Å². The molecule has 23 heavy (non-hydrogen) atoms. The van der Waals surface area contributed by atoms with Gasteiger partial charge in [-0.05, 0) is 31.0 Å². The van der Waals surface area contributed by atoms with Crippen LogP contribution in [0, 0.1) is 0 Å². The summed E-state index contributed by atoms with van der Waals surface area (Å²) in [5, 5.41) is 12.3. The van der Waals surface area contributed by atoms with Crippen LogP contribution in [0.2, 0.25) is 0 Å². The van der Waals surface area contributed by atoms with E-state index in [9.17, 15) is 18.3 Å². The number of hydrogen-bond acceptors (Lipinski definition) is 5. The van der Waals surface area contributed by atoms with Gasteiger partial charge in [0.2, 0.25) is 10.0 Å². The monoisotopic (exact) mass is 340 g/mol. The van der Waals surface area contributed by atoms with E-state index in [0.717, 1.165) is 18.9 Å². The summed E-state index contributed by atoms with van der Waals surface area (Å²) < 4.78 is 31.9. The molecule has 1 aromatic rings. The molecule has 1 aliphatic heterocycles. The van der Waals surface area contributed by atoms with Gasteiger partial charge in [-0.1, -0.05) is 6.08 Å². The van der Waals surface area contributed by atoms with Crippen LogP contribution in [0.1, 0.15) is 23.2 Å². The second-order valence-electron chi connectivity index (χ2n) is 5.17. The first kappa shape index (κ1) is 17.5. The average Bonchev–Trinajstić information content (AvgIpc) is 3.04. The van der Waals surface area contributed by atoms with E-state index in [1.165, 1.54) is 18.2 Å². The Morgan fingerprint density at radius 3 is 2.87 bits per heavy atom. The molecule has 0 aliphatic carbocycles. The van der Waals surface area contributed by atoms with Gasteiger partial charge < -0.3 is 15.2 Å². The quantitative estimate of drug-likeness (QED) is 0.619. The van der Waals surface area contributed by atoms with E-state index in [-0.39, 0.29) is 23.1 Å². The van der Waals surface area contributed by atoms with Crippen molar-refractivity contribution in [2.45, 2.75) is 23.8 Å². The molecule has 0 radical (unpaired) electrons. The molecule has 0 amide bonds. The van der Waals surface area contributed by atoms with Crippen molar-refractivity contribution in [2.75, 3.05) is 25.0 Å². The highest BCUT2D eigenvalue weighted by atomic mass is 32.2. The van der Waals surface area contributed by atoms with Crippen LogP contribution in [0.4, 0.5) is 5.69 Å². The van der Waals surface area contributed by atoms with Gasteiger partial charge in [0.1, 0.15) is 0 Å². The van der Waals surface area contributed by atoms with E-state index in [1.807, 2.05) is 0 Å². The zero-order chi connectivity index (χ0) is 16.9. The number of carbonyl (C=O) groups is 1. The predicted molar refractivity (Wildman–Crippen MR) is 86.3 cm³/mol. The molecular weight excluding hydrogens is 320 g/mol. The van der Waals surface area contributed by atoms with Crippen molar-refractivity contribution in [3.05, 3.63) is 36.4 Å². The van der Waals surface area contributed by atoms with Gasteiger partial charge in [0.15, 0.2) is 0 Å². The van der Waals surface area contributed by atoms with Crippen LogP contribution in [-0.2, 0) is 14.8 Å². The standard InChI is InChI=1S/C15H20N2O5S/c1-2-7-17-23(20,21)12-5-6-14(13(9-12)15(18)19)16-10-11-4-3-8-22-11/h2,5-6,9,11,16-17H,1,3-4,7-8,10H2,(H,18,19)/t11-/m0/s1. The maximum atomic E-state index is 12.1. The van der Waals surface area contributed by atoms with Crippen LogP contribution in [0.5, 0.6) is 0 Å². The maximum absolute atomic E-state index is 12.1. The minimum atomic E-state index is -3.76. The first-order chi connectivity index (χ1) is 10.9. The molecule has 0 bridgehead atoms. The van der Waals surface area contributed by atoms with Crippen molar-refractivity contribution >= 4 is 21.7 Å². The number of nitrogens with one attached hydrogen (secondary N) is 2. The van der Waals surface area contributed by atoms with Crippen molar-refractivity contribution in [2.24, 2.45) is 0 Å². The molecule has 8 heteroatoms. The third-order valence-corrected chi connectivity index (χ3v) is 4.91. The summed E-state index contributed by atoms with van der Waals surface area (Å²) in [6.07, 6.45) is 3.37. The number of hydrogen-bond donors (Lipinski definition) is 3. The summed E-state index contributed by atoms with van der Waals surface area (Å²) in [5.41, 5.74) is 0.278.